The van der Waals surface area contributed by atoms with E-state index in [0.29, 0.717) is 12.6 Å². The second-order valence-corrected chi connectivity index (χ2v) is 4.43. The monoisotopic (exact) mass is 184 g/mol. The molecule has 0 heterocycles. The zero-order chi connectivity index (χ0) is 10.5. The smallest absolute Gasteiger partial charge is 0.119 e. The Morgan fingerprint density at radius 1 is 1.38 bits per heavy atom. The summed E-state index contributed by atoms with van der Waals surface area (Å²) in [6, 6.07) is 2.27. The van der Waals surface area contributed by atoms with E-state index in [1.807, 2.05) is 34.6 Å². The van der Waals surface area contributed by atoms with E-state index in [-0.39, 0.29) is 11.6 Å². The minimum absolute atomic E-state index is 0.173. The molecule has 0 aliphatic carbocycles. The molecule has 76 valence electrons. The molecule has 1 unspecified atom stereocenters. The van der Waals surface area contributed by atoms with Crippen molar-refractivity contribution in [2.75, 3.05) is 6.61 Å². The van der Waals surface area contributed by atoms with Crippen LogP contribution in [0, 0.1) is 11.3 Å². The van der Waals surface area contributed by atoms with Crippen molar-refractivity contribution in [1.29, 1.82) is 5.26 Å². The topological polar surface area (TPSA) is 45.0 Å². The van der Waals surface area contributed by atoms with Gasteiger partial charge in [-0.15, -0.1) is 0 Å². The van der Waals surface area contributed by atoms with Gasteiger partial charge in [0, 0.05) is 6.04 Å². The molecule has 0 amide bonds. The van der Waals surface area contributed by atoms with E-state index in [9.17, 15) is 0 Å². The van der Waals surface area contributed by atoms with Crippen LogP contribution >= 0.6 is 0 Å². The van der Waals surface area contributed by atoms with Gasteiger partial charge in [0.1, 0.15) is 6.04 Å². The third-order valence-electron chi connectivity index (χ3n) is 1.37. The lowest BCUT2D eigenvalue weighted by Crippen LogP contribution is -2.39. The summed E-state index contributed by atoms with van der Waals surface area (Å²) in [5.41, 5.74) is -0.173. The van der Waals surface area contributed by atoms with Crippen LogP contribution in [-0.4, -0.2) is 24.3 Å². The van der Waals surface area contributed by atoms with Crippen molar-refractivity contribution < 1.29 is 4.74 Å². The Morgan fingerprint density at radius 2 is 1.92 bits per heavy atom. The van der Waals surface area contributed by atoms with E-state index in [1.54, 1.807) is 0 Å². The molecule has 0 aromatic rings. The zero-order valence-corrected chi connectivity index (χ0v) is 9.22. The van der Waals surface area contributed by atoms with Crippen LogP contribution < -0.4 is 5.32 Å². The highest BCUT2D eigenvalue weighted by Crippen LogP contribution is 2.06. The Labute approximate surface area is 81.1 Å². The number of rotatable bonds is 4. The highest BCUT2D eigenvalue weighted by atomic mass is 16.5. The molecule has 0 aliphatic heterocycles. The molecule has 0 spiro atoms. The van der Waals surface area contributed by atoms with Gasteiger partial charge in [-0.1, -0.05) is 0 Å². The van der Waals surface area contributed by atoms with Gasteiger partial charge in [0.25, 0.3) is 0 Å². The summed E-state index contributed by atoms with van der Waals surface area (Å²) in [5.74, 6) is 0. The number of ether oxygens (including phenoxy) is 1. The Morgan fingerprint density at radius 3 is 2.23 bits per heavy atom. The van der Waals surface area contributed by atoms with Crippen LogP contribution in [0.15, 0.2) is 0 Å². The summed E-state index contributed by atoms with van der Waals surface area (Å²) < 4.78 is 5.50. The summed E-state index contributed by atoms with van der Waals surface area (Å²) in [4.78, 5) is 0. The lowest BCUT2D eigenvalue weighted by atomic mass is 10.2. The quantitative estimate of drug-likeness (QED) is 0.723. The number of hydrogen-bond donors (Lipinski definition) is 1. The van der Waals surface area contributed by atoms with E-state index in [0.717, 1.165) is 0 Å². The molecule has 1 N–H and O–H groups in total. The summed E-state index contributed by atoms with van der Waals surface area (Å²) in [6.07, 6.45) is 0. The van der Waals surface area contributed by atoms with Gasteiger partial charge < -0.3 is 4.74 Å². The Hall–Kier alpha value is -0.590. The maximum atomic E-state index is 8.78. The maximum Gasteiger partial charge on any atom is 0.119 e. The molecule has 13 heavy (non-hydrogen) atoms. The van der Waals surface area contributed by atoms with Crippen LogP contribution in [0.4, 0.5) is 0 Å². The van der Waals surface area contributed by atoms with Crippen molar-refractivity contribution in [2.45, 2.75) is 52.3 Å². The zero-order valence-electron chi connectivity index (χ0n) is 9.22. The van der Waals surface area contributed by atoms with Crippen LogP contribution in [0.1, 0.15) is 34.6 Å². The molecule has 0 aliphatic rings. The predicted molar refractivity (Wildman–Crippen MR) is 53.4 cm³/mol. The van der Waals surface area contributed by atoms with E-state index >= 15 is 0 Å². The highest BCUT2D eigenvalue weighted by molar-refractivity contribution is 4.90. The van der Waals surface area contributed by atoms with Gasteiger partial charge in [0.15, 0.2) is 0 Å². The predicted octanol–water partition coefficient (Wildman–Crippen LogP) is 1.69. The van der Waals surface area contributed by atoms with Crippen LogP contribution in [0.25, 0.3) is 0 Å². The van der Waals surface area contributed by atoms with Crippen molar-refractivity contribution in [3.63, 3.8) is 0 Å². The molecule has 0 fully saturated rings. The lowest BCUT2D eigenvalue weighted by Gasteiger charge is -2.22. The Bertz CT molecular complexity index is 176. The first-order chi connectivity index (χ1) is 5.85. The van der Waals surface area contributed by atoms with Gasteiger partial charge in [0.05, 0.1) is 18.3 Å². The molecular weight excluding hydrogens is 164 g/mol. The summed E-state index contributed by atoms with van der Waals surface area (Å²) in [6.45, 7) is 10.4. The molecule has 0 radical (unpaired) electrons. The van der Waals surface area contributed by atoms with Crippen LogP contribution in [-0.2, 0) is 4.74 Å². The molecule has 0 saturated heterocycles. The molecule has 0 aromatic heterocycles. The standard InChI is InChI=1S/C10H20N2O/c1-8(2)12-9(6-11)7-13-10(3,4)5/h8-9,12H,7H2,1-5H3. The van der Waals surface area contributed by atoms with E-state index < -0.39 is 0 Å². The van der Waals surface area contributed by atoms with E-state index in [2.05, 4.69) is 11.4 Å². The van der Waals surface area contributed by atoms with Crippen molar-refractivity contribution in [1.82, 2.24) is 5.32 Å². The second kappa shape index (κ2) is 5.21. The first kappa shape index (κ1) is 12.4. The fourth-order valence-corrected chi connectivity index (χ4v) is 0.858. The molecule has 0 saturated carbocycles. The molecule has 0 bridgehead atoms. The van der Waals surface area contributed by atoms with Gasteiger partial charge in [-0.05, 0) is 34.6 Å². The van der Waals surface area contributed by atoms with Crippen molar-refractivity contribution in [2.24, 2.45) is 0 Å². The Kier molecular flexibility index (Phi) is 4.97. The molecule has 0 rings (SSSR count). The Balaban J connectivity index is 3.81. The van der Waals surface area contributed by atoms with Crippen LogP contribution in [0.2, 0.25) is 0 Å². The third kappa shape index (κ3) is 7.76. The number of nitrogens with zero attached hydrogens (tertiary/aromatic N) is 1. The second-order valence-electron chi connectivity index (χ2n) is 4.43. The maximum absolute atomic E-state index is 8.78. The summed E-state index contributed by atoms with van der Waals surface area (Å²) in [7, 11) is 0. The van der Waals surface area contributed by atoms with Crippen molar-refractivity contribution in [3.05, 3.63) is 0 Å². The van der Waals surface area contributed by atoms with Gasteiger partial charge >= 0.3 is 0 Å². The van der Waals surface area contributed by atoms with Gasteiger partial charge in [-0.2, -0.15) is 5.26 Å². The average molecular weight is 184 g/mol. The van der Waals surface area contributed by atoms with Crippen LogP contribution in [0.3, 0.4) is 0 Å². The van der Waals surface area contributed by atoms with Crippen LogP contribution in [0.5, 0.6) is 0 Å². The molecule has 0 aromatic carbocycles. The highest BCUT2D eigenvalue weighted by Gasteiger charge is 2.15. The third-order valence-corrected chi connectivity index (χ3v) is 1.37. The molecule has 1 atom stereocenters. The van der Waals surface area contributed by atoms with E-state index in [4.69, 9.17) is 10.00 Å². The van der Waals surface area contributed by atoms with Crippen molar-refractivity contribution >= 4 is 0 Å². The minimum Gasteiger partial charge on any atom is -0.373 e. The van der Waals surface area contributed by atoms with Gasteiger partial charge in [-0.3, -0.25) is 5.32 Å². The lowest BCUT2D eigenvalue weighted by molar-refractivity contribution is -0.00886. The van der Waals surface area contributed by atoms with Gasteiger partial charge in [0.2, 0.25) is 0 Å². The summed E-state index contributed by atoms with van der Waals surface area (Å²) in [5, 5.41) is 11.9. The minimum atomic E-state index is -0.209. The largest absolute Gasteiger partial charge is 0.373 e. The number of nitriles is 1. The summed E-state index contributed by atoms with van der Waals surface area (Å²) >= 11 is 0. The number of hydrogen-bond acceptors (Lipinski definition) is 3. The fraction of sp³-hybridized carbons (Fsp3) is 0.900. The SMILES string of the molecule is CC(C)NC(C#N)COC(C)(C)C. The van der Waals surface area contributed by atoms with E-state index in [1.165, 1.54) is 0 Å². The molecular formula is C10H20N2O. The first-order valence-corrected chi connectivity index (χ1v) is 4.65. The fourth-order valence-electron chi connectivity index (χ4n) is 0.858. The van der Waals surface area contributed by atoms with Gasteiger partial charge in [-0.25, -0.2) is 0 Å². The normalized spacial score (nSPS) is 14.2. The number of nitrogens with one attached hydrogen (secondary N) is 1. The molecule has 3 nitrogen and oxygen atoms in total. The molecule has 3 heteroatoms. The average Bonchev–Trinajstić information content (AvgIpc) is 1.95. The first-order valence-electron chi connectivity index (χ1n) is 4.65. The van der Waals surface area contributed by atoms with Crippen molar-refractivity contribution in [3.8, 4) is 6.07 Å².